The molecule has 180 valence electrons. The van der Waals surface area contributed by atoms with Crippen molar-refractivity contribution >= 4 is 23.4 Å². The molecule has 1 unspecified atom stereocenters. The second-order valence-electron chi connectivity index (χ2n) is 8.71. The molecule has 1 aromatic carbocycles. The molecule has 0 saturated heterocycles. The number of nitrogens with zero attached hydrogens (tertiary/aromatic N) is 3. The first-order valence-corrected chi connectivity index (χ1v) is 12.0. The van der Waals surface area contributed by atoms with Crippen molar-refractivity contribution in [3.8, 4) is 11.3 Å². The van der Waals surface area contributed by atoms with Crippen molar-refractivity contribution in [2.45, 2.75) is 71.6 Å². The minimum atomic E-state index is -0.910. The fourth-order valence-electron chi connectivity index (χ4n) is 4.17. The Kier molecular flexibility index (Phi) is 8.88. The monoisotopic (exact) mass is 476 g/mol. The summed E-state index contributed by atoms with van der Waals surface area (Å²) in [5.41, 5.74) is 2.25. The Morgan fingerprint density at radius 2 is 1.94 bits per heavy atom. The number of hydrogen-bond acceptors (Lipinski definition) is 5. The van der Waals surface area contributed by atoms with Gasteiger partial charge in [-0.3, -0.25) is 19.5 Å². The van der Waals surface area contributed by atoms with E-state index in [2.05, 4.69) is 10.4 Å². The fraction of sp³-hybridized carbons (Fsp3) is 0.542. The summed E-state index contributed by atoms with van der Waals surface area (Å²) in [6.45, 7) is 3.86. The van der Waals surface area contributed by atoms with Crippen molar-refractivity contribution in [2.75, 3.05) is 6.54 Å². The highest BCUT2D eigenvalue weighted by molar-refractivity contribution is 6.34. The first-order chi connectivity index (χ1) is 15.8. The van der Waals surface area contributed by atoms with Crippen LogP contribution in [0.5, 0.6) is 0 Å². The van der Waals surface area contributed by atoms with Gasteiger partial charge in [0.2, 0.25) is 0 Å². The van der Waals surface area contributed by atoms with Crippen molar-refractivity contribution in [1.82, 2.24) is 20.2 Å². The molecule has 3 N–H and O–H groups in total. The van der Waals surface area contributed by atoms with Crippen LogP contribution in [-0.2, 0) is 11.3 Å². The summed E-state index contributed by atoms with van der Waals surface area (Å²) < 4.78 is 1.51. The van der Waals surface area contributed by atoms with Crippen LogP contribution in [0.15, 0.2) is 24.3 Å². The Morgan fingerprint density at radius 1 is 1.24 bits per heavy atom. The number of hydrogen-bond donors (Lipinski definition) is 3. The molecule has 0 bridgehead atoms. The number of benzene rings is 1. The van der Waals surface area contributed by atoms with Gasteiger partial charge in [0, 0.05) is 23.7 Å². The third kappa shape index (κ3) is 6.56. The van der Waals surface area contributed by atoms with E-state index in [1.54, 1.807) is 24.3 Å². The molecule has 0 spiro atoms. The van der Waals surface area contributed by atoms with Crippen molar-refractivity contribution < 1.29 is 19.9 Å². The van der Waals surface area contributed by atoms with Gasteiger partial charge >= 0.3 is 0 Å². The van der Waals surface area contributed by atoms with E-state index in [1.165, 1.54) is 4.68 Å². The summed E-state index contributed by atoms with van der Waals surface area (Å²) in [5, 5.41) is 28.5. The highest BCUT2D eigenvalue weighted by atomic mass is 35.5. The zero-order chi connectivity index (χ0) is 24.0. The zero-order valence-electron chi connectivity index (χ0n) is 19.3. The molecule has 2 amide bonds. The number of hydroxylamine groups is 2. The van der Waals surface area contributed by atoms with Gasteiger partial charge in [-0.25, -0.2) is 5.06 Å². The number of carbonyl (C=O) groups is 2. The van der Waals surface area contributed by atoms with Gasteiger partial charge in [-0.1, -0.05) is 50.3 Å². The molecule has 0 radical (unpaired) electrons. The molecule has 2 aromatic rings. The number of aryl methyl sites for hydroxylation is 1. The third-order valence-electron chi connectivity index (χ3n) is 6.12. The predicted octanol–water partition coefficient (Wildman–Crippen LogP) is 4.16. The maximum atomic E-state index is 12.9. The normalized spacial score (nSPS) is 15.7. The second-order valence-corrected chi connectivity index (χ2v) is 9.12. The number of rotatable bonds is 8. The fourth-order valence-corrected chi connectivity index (χ4v) is 4.38. The average Bonchev–Trinajstić information content (AvgIpc) is 2.98. The Morgan fingerprint density at radius 3 is 2.61 bits per heavy atom. The number of amides is 2. The first kappa shape index (κ1) is 25.2. The molecule has 1 aliphatic rings. The van der Waals surface area contributed by atoms with Crippen LogP contribution in [0.4, 0.5) is 0 Å². The molecule has 3 rings (SSSR count). The molecule has 0 aliphatic heterocycles. The number of nitrogens with one attached hydrogen (secondary N) is 1. The minimum Gasteiger partial charge on any atom is -0.373 e. The maximum Gasteiger partial charge on any atom is 0.267 e. The molecule has 1 heterocycles. The maximum absolute atomic E-state index is 12.9. The summed E-state index contributed by atoms with van der Waals surface area (Å²) in [7, 11) is 0. The van der Waals surface area contributed by atoms with Gasteiger partial charge in [-0.2, -0.15) is 5.10 Å². The highest BCUT2D eigenvalue weighted by Crippen LogP contribution is 2.27. The largest absolute Gasteiger partial charge is 0.373 e. The first-order valence-electron chi connectivity index (χ1n) is 11.6. The van der Waals surface area contributed by atoms with Gasteiger partial charge in [0.15, 0.2) is 0 Å². The average molecular weight is 477 g/mol. The van der Waals surface area contributed by atoms with E-state index in [9.17, 15) is 19.9 Å². The molecule has 8 nitrogen and oxygen atoms in total. The van der Waals surface area contributed by atoms with Gasteiger partial charge < -0.3 is 10.4 Å². The summed E-state index contributed by atoms with van der Waals surface area (Å²) in [6.07, 6.45) is 5.98. The molecule has 1 atom stereocenters. The highest BCUT2D eigenvalue weighted by Gasteiger charge is 2.24. The smallest absolute Gasteiger partial charge is 0.267 e. The number of halogens is 1. The van der Waals surface area contributed by atoms with Crippen molar-refractivity contribution in [1.29, 1.82) is 0 Å². The minimum absolute atomic E-state index is 0.0492. The Balaban J connectivity index is 1.74. The number of aliphatic hydroxyl groups is 1. The van der Waals surface area contributed by atoms with Crippen LogP contribution in [0.2, 0.25) is 5.02 Å². The quantitative estimate of drug-likeness (QED) is 0.229. The Labute approximate surface area is 199 Å². The number of aromatic nitrogens is 2. The molecule has 1 fully saturated rings. The van der Waals surface area contributed by atoms with E-state index >= 15 is 0 Å². The van der Waals surface area contributed by atoms with Crippen molar-refractivity contribution in [3.63, 3.8) is 0 Å². The van der Waals surface area contributed by atoms with Crippen LogP contribution in [0.1, 0.15) is 67.9 Å². The van der Waals surface area contributed by atoms with Crippen LogP contribution < -0.4 is 5.32 Å². The molecule has 1 saturated carbocycles. The van der Waals surface area contributed by atoms with Crippen LogP contribution in [0, 0.1) is 12.8 Å². The van der Waals surface area contributed by atoms with Crippen LogP contribution in [-0.4, -0.2) is 49.7 Å². The lowest BCUT2D eigenvalue weighted by molar-refractivity contribution is -0.166. The summed E-state index contributed by atoms with van der Waals surface area (Å²) in [6, 6.07) is 6.82. The third-order valence-corrected chi connectivity index (χ3v) is 6.45. The van der Waals surface area contributed by atoms with E-state index in [0.717, 1.165) is 44.2 Å². The summed E-state index contributed by atoms with van der Waals surface area (Å²) >= 11 is 6.30. The van der Waals surface area contributed by atoms with Gasteiger partial charge in [-0.05, 0) is 44.4 Å². The second kappa shape index (κ2) is 11.6. The summed E-state index contributed by atoms with van der Waals surface area (Å²) in [4.78, 5) is 25.0. The number of carbonyl (C=O) groups excluding carboxylic acids is 2. The molecule has 33 heavy (non-hydrogen) atoms. The van der Waals surface area contributed by atoms with Gasteiger partial charge in [0.1, 0.15) is 12.8 Å². The van der Waals surface area contributed by atoms with E-state index in [4.69, 9.17) is 11.6 Å². The molecular formula is C24H33ClN4O4. The van der Waals surface area contributed by atoms with E-state index in [-0.39, 0.29) is 29.6 Å². The topological polar surface area (TPSA) is 108 Å². The van der Waals surface area contributed by atoms with Crippen LogP contribution in [0.25, 0.3) is 11.3 Å². The Bertz CT molecular complexity index is 969. The Hall–Kier alpha value is -2.42. The lowest BCUT2D eigenvalue weighted by atomic mass is 9.98. The van der Waals surface area contributed by atoms with Crippen molar-refractivity contribution in [3.05, 3.63) is 40.5 Å². The molecule has 1 aromatic heterocycles. The number of aliphatic hydroxyl groups excluding tert-OH is 1. The van der Waals surface area contributed by atoms with Gasteiger partial charge in [0.05, 0.1) is 16.3 Å². The molecular weight excluding hydrogens is 444 g/mol. The molecule has 9 heteroatoms. The lowest BCUT2D eigenvalue weighted by Crippen LogP contribution is -2.40. The zero-order valence-corrected chi connectivity index (χ0v) is 20.0. The van der Waals surface area contributed by atoms with E-state index in [1.807, 2.05) is 13.8 Å². The summed E-state index contributed by atoms with van der Waals surface area (Å²) in [5.74, 6) is -0.827. The lowest BCUT2D eigenvalue weighted by Gasteiger charge is -2.22. The van der Waals surface area contributed by atoms with Crippen molar-refractivity contribution in [2.24, 2.45) is 5.92 Å². The van der Waals surface area contributed by atoms with Gasteiger partial charge in [-0.15, -0.1) is 0 Å². The van der Waals surface area contributed by atoms with Gasteiger partial charge in [0.25, 0.3) is 11.8 Å². The SMILES string of the molecule is CCCN(O)C(=O)Cn1nc(-c2ccc(Cl)c(C(=O)NC(O)C3CCCCCC3)c2)cc1C. The van der Waals surface area contributed by atoms with E-state index < -0.39 is 18.0 Å². The van der Waals surface area contributed by atoms with Crippen LogP contribution >= 0.6 is 11.6 Å². The standard InChI is InChI=1S/C24H33ClN4O4/c1-3-12-29(33)22(30)15-28-16(2)13-21(27-28)18-10-11-20(25)19(14-18)24(32)26-23(31)17-8-6-4-5-7-9-17/h10-11,13-14,17,23,31,33H,3-9,12,15H2,1-2H3,(H,26,32). The molecule has 1 aliphatic carbocycles. The van der Waals surface area contributed by atoms with E-state index in [0.29, 0.717) is 22.7 Å². The predicted molar refractivity (Wildman–Crippen MR) is 126 cm³/mol. The van der Waals surface area contributed by atoms with Crippen LogP contribution in [0.3, 0.4) is 0 Å².